The normalized spacial score (nSPS) is 21.9. The van der Waals surface area contributed by atoms with E-state index < -0.39 is 35.9 Å². The molecular weight excluding hydrogens is 426 g/mol. The van der Waals surface area contributed by atoms with Crippen LogP contribution >= 0.6 is 0 Å². The third-order valence-corrected chi connectivity index (χ3v) is 5.71. The van der Waals surface area contributed by atoms with Crippen LogP contribution in [0, 0.1) is 5.92 Å². The molecule has 0 radical (unpaired) electrons. The van der Waals surface area contributed by atoms with Crippen LogP contribution in [0.2, 0.25) is 0 Å². The first-order valence-corrected chi connectivity index (χ1v) is 11.1. The Morgan fingerprint density at radius 2 is 1.79 bits per heavy atom. The van der Waals surface area contributed by atoms with Crippen LogP contribution < -0.4 is 20.3 Å². The average Bonchev–Trinajstić information content (AvgIpc) is 3.31. The summed E-state index contributed by atoms with van der Waals surface area (Å²) in [6.07, 6.45) is 0.768. The molecule has 0 spiro atoms. The summed E-state index contributed by atoms with van der Waals surface area (Å²) in [5.74, 6) is -1.24. The van der Waals surface area contributed by atoms with Gasteiger partial charge in [-0.25, -0.2) is 9.86 Å². The number of imide groups is 3. The highest BCUT2D eigenvalue weighted by Gasteiger charge is 2.61. The summed E-state index contributed by atoms with van der Waals surface area (Å²) in [5, 5.41) is 1.55. The molecule has 0 aliphatic carbocycles. The molecule has 174 valence electrons. The molecule has 0 bridgehead atoms. The fraction of sp³-hybridized carbons (Fsp3) is 0.375. The Labute approximate surface area is 191 Å². The number of urea groups is 1. The van der Waals surface area contributed by atoms with Crippen molar-refractivity contribution in [1.82, 2.24) is 4.90 Å². The minimum atomic E-state index is -1.15. The van der Waals surface area contributed by atoms with E-state index in [9.17, 15) is 14.4 Å². The number of benzene rings is 2. The summed E-state index contributed by atoms with van der Waals surface area (Å²) in [7, 11) is 0. The number of anilines is 1. The van der Waals surface area contributed by atoms with E-state index in [0.29, 0.717) is 40.9 Å². The van der Waals surface area contributed by atoms with Crippen molar-refractivity contribution in [2.75, 3.05) is 18.3 Å². The predicted molar refractivity (Wildman–Crippen MR) is 119 cm³/mol. The highest BCUT2D eigenvalue weighted by atomic mass is 16.7. The lowest BCUT2D eigenvalue weighted by molar-refractivity contribution is -0.139. The zero-order valence-electron chi connectivity index (χ0n) is 18.6. The second kappa shape index (κ2) is 9.50. The predicted octanol–water partition coefficient (Wildman–Crippen LogP) is 3.19. The molecule has 33 heavy (non-hydrogen) atoms. The van der Waals surface area contributed by atoms with Crippen LogP contribution in [0.25, 0.3) is 0 Å². The second-order valence-corrected chi connectivity index (χ2v) is 7.85. The molecule has 2 aromatic carbocycles. The number of carbonyl (C=O) groups excluding carboxylic acids is 3. The van der Waals surface area contributed by atoms with Crippen molar-refractivity contribution in [3.63, 3.8) is 0 Å². The quantitative estimate of drug-likeness (QED) is 0.483. The molecule has 9 heteroatoms. The SMILES string of the molecule is CCCCOc1ccc(C2C3C(=O)N(C(N)=O)C(=O)C3ON2c2ccccc2)cc1OCC. The first kappa shape index (κ1) is 22.6. The first-order valence-electron chi connectivity index (χ1n) is 11.1. The Morgan fingerprint density at radius 1 is 1.03 bits per heavy atom. The van der Waals surface area contributed by atoms with Crippen molar-refractivity contribution in [3.05, 3.63) is 54.1 Å². The number of carbonyl (C=O) groups is 3. The molecule has 9 nitrogen and oxygen atoms in total. The van der Waals surface area contributed by atoms with Crippen LogP contribution in [0.3, 0.4) is 0 Å². The van der Waals surface area contributed by atoms with Gasteiger partial charge in [0.25, 0.3) is 5.91 Å². The largest absolute Gasteiger partial charge is 0.490 e. The van der Waals surface area contributed by atoms with E-state index in [4.69, 9.17) is 20.0 Å². The minimum Gasteiger partial charge on any atom is -0.490 e. The number of hydrogen-bond donors (Lipinski definition) is 1. The van der Waals surface area contributed by atoms with E-state index in [-0.39, 0.29) is 0 Å². The van der Waals surface area contributed by atoms with E-state index in [0.717, 1.165) is 12.8 Å². The van der Waals surface area contributed by atoms with Gasteiger partial charge in [0.1, 0.15) is 5.92 Å². The Bertz CT molecular complexity index is 1040. The molecule has 2 fully saturated rings. The number of nitrogens with zero attached hydrogens (tertiary/aromatic N) is 2. The van der Waals surface area contributed by atoms with Gasteiger partial charge < -0.3 is 15.2 Å². The topological polar surface area (TPSA) is 111 Å². The molecule has 4 amide bonds. The van der Waals surface area contributed by atoms with Crippen molar-refractivity contribution >= 4 is 23.5 Å². The third-order valence-electron chi connectivity index (χ3n) is 5.71. The van der Waals surface area contributed by atoms with E-state index in [1.807, 2.05) is 43.3 Å². The number of para-hydroxylation sites is 1. The molecule has 3 unspecified atom stereocenters. The lowest BCUT2D eigenvalue weighted by atomic mass is 9.90. The van der Waals surface area contributed by atoms with Gasteiger partial charge in [-0.2, -0.15) is 4.90 Å². The van der Waals surface area contributed by atoms with Crippen LogP contribution in [-0.4, -0.2) is 42.1 Å². The number of amides is 4. The summed E-state index contributed by atoms with van der Waals surface area (Å²) in [6, 6.07) is 12.8. The van der Waals surface area contributed by atoms with Gasteiger partial charge in [-0.05, 0) is 43.2 Å². The van der Waals surface area contributed by atoms with E-state index in [2.05, 4.69) is 6.92 Å². The number of hydrogen-bond acceptors (Lipinski definition) is 7. The standard InChI is InChI=1S/C24H27N3O6/c1-3-5-13-32-17-12-11-15(14-18(17)31-4-2)20-19-21(23(29)26(22(19)28)24(25)30)33-27(20)16-9-7-6-8-10-16/h6-12,14,19-21H,3-5,13H2,1-2H3,(H2,25,30). The van der Waals surface area contributed by atoms with Gasteiger partial charge in [-0.1, -0.05) is 37.6 Å². The van der Waals surface area contributed by atoms with E-state index >= 15 is 0 Å². The molecule has 2 saturated heterocycles. The Balaban J connectivity index is 1.76. The van der Waals surface area contributed by atoms with Gasteiger partial charge in [0.15, 0.2) is 17.6 Å². The maximum atomic E-state index is 13.1. The van der Waals surface area contributed by atoms with Gasteiger partial charge >= 0.3 is 6.03 Å². The lowest BCUT2D eigenvalue weighted by Gasteiger charge is -2.28. The maximum Gasteiger partial charge on any atom is 0.328 e. The number of nitrogens with two attached hydrogens (primary N) is 1. The highest BCUT2D eigenvalue weighted by molar-refractivity contribution is 6.18. The first-order chi connectivity index (χ1) is 16.0. The summed E-state index contributed by atoms with van der Waals surface area (Å²) in [6.45, 7) is 4.94. The smallest absolute Gasteiger partial charge is 0.328 e. The van der Waals surface area contributed by atoms with Crippen molar-refractivity contribution in [3.8, 4) is 11.5 Å². The summed E-state index contributed by atoms with van der Waals surface area (Å²) in [5.41, 5.74) is 6.65. The number of fused-ring (bicyclic) bond motifs is 1. The molecule has 0 saturated carbocycles. The molecule has 4 rings (SSSR count). The Morgan fingerprint density at radius 3 is 2.45 bits per heavy atom. The third kappa shape index (κ3) is 4.11. The molecule has 0 aromatic heterocycles. The van der Waals surface area contributed by atoms with Gasteiger partial charge in [-0.15, -0.1) is 0 Å². The second-order valence-electron chi connectivity index (χ2n) is 7.85. The van der Waals surface area contributed by atoms with Crippen molar-refractivity contribution in [2.45, 2.75) is 38.8 Å². The molecule has 2 aliphatic rings. The molecule has 2 heterocycles. The fourth-order valence-corrected chi connectivity index (χ4v) is 4.19. The van der Waals surface area contributed by atoms with Gasteiger partial charge in [0, 0.05) is 0 Å². The van der Waals surface area contributed by atoms with Crippen molar-refractivity contribution in [1.29, 1.82) is 0 Å². The summed E-state index contributed by atoms with van der Waals surface area (Å²) < 4.78 is 11.7. The zero-order valence-corrected chi connectivity index (χ0v) is 18.6. The van der Waals surface area contributed by atoms with Crippen LogP contribution in [0.5, 0.6) is 11.5 Å². The number of likely N-dealkylation sites (tertiary alicyclic amines) is 1. The lowest BCUT2D eigenvalue weighted by Crippen LogP contribution is -2.44. The maximum absolute atomic E-state index is 13.1. The van der Waals surface area contributed by atoms with Crippen molar-refractivity contribution < 1.29 is 28.7 Å². The monoisotopic (exact) mass is 453 g/mol. The molecular formula is C24H27N3O6. The molecule has 3 atom stereocenters. The Kier molecular flexibility index (Phi) is 6.50. The molecule has 2 aromatic rings. The van der Waals surface area contributed by atoms with Gasteiger partial charge in [0.05, 0.1) is 24.9 Å². The summed E-state index contributed by atoms with van der Waals surface area (Å²) >= 11 is 0. The molecule has 2 N–H and O–H groups in total. The molecule has 2 aliphatic heterocycles. The number of ether oxygens (including phenoxy) is 2. The highest BCUT2D eigenvalue weighted by Crippen LogP contribution is 2.47. The van der Waals surface area contributed by atoms with Crippen molar-refractivity contribution in [2.24, 2.45) is 11.7 Å². The van der Waals surface area contributed by atoms with E-state index in [1.165, 1.54) is 0 Å². The number of primary amides is 1. The Hall–Kier alpha value is -3.59. The van der Waals surface area contributed by atoms with E-state index in [1.54, 1.807) is 17.2 Å². The number of hydroxylamine groups is 1. The van der Waals surface area contributed by atoms with Gasteiger partial charge in [0.2, 0.25) is 5.91 Å². The van der Waals surface area contributed by atoms with Crippen LogP contribution in [0.4, 0.5) is 10.5 Å². The number of unbranched alkanes of at least 4 members (excludes halogenated alkanes) is 1. The van der Waals surface area contributed by atoms with Crippen LogP contribution in [-0.2, 0) is 14.4 Å². The van der Waals surface area contributed by atoms with Crippen LogP contribution in [0.15, 0.2) is 48.5 Å². The van der Waals surface area contributed by atoms with Gasteiger partial charge in [-0.3, -0.25) is 14.4 Å². The zero-order chi connectivity index (χ0) is 23.5. The fourth-order valence-electron chi connectivity index (χ4n) is 4.19. The minimum absolute atomic E-state index is 0.427. The van der Waals surface area contributed by atoms with Crippen LogP contribution in [0.1, 0.15) is 38.3 Å². The summed E-state index contributed by atoms with van der Waals surface area (Å²) in [4.78, 5) is 44.0. The number of rotatable bonds is 8. The average molecular weight is 453 g/mol.